The third-order valence-corrected chi connectivity index (χ3v) is 5.62. The highest BCUT2D eigenvalue weighted by atomic mass is 16.2. The Bertz CT molecular complexity index is 919. The number of aryl methyl sites for hydroxylation is 1. The normalized spacial score (nSPS) is 11.1. The summed E-state index contributed by atoms with van der Waals surface area (Å²) in [5.74, 6) is 0.937. The van der Waals surface area contributed by atoms with E-state index >= 15 is 0 Å². The minimum atomic E-state index is -0.0110. The van der Waals surface area contributed by atoms with E-state index in [0.29, 0.717) is 12.1 Å². The summed E-state index contributed by atoms with van der Waals surface area (Å²) in [6, 6.07) is 11.8. The summed E-state index contributed by atoms with van der Waals surface area (Å²) in [5, 5.41) is 0. The van der Waals surface area contributed by atoms with Gasteiger partial charge in [0.25, 0.3) is 5.91 Å². The molecule has 0 aliphatic heterocycles. The van der Waals surface area contributed by atoms with Gasteiger partial charge in [-0.25, -0.2) is 4.98 Å². The van der Waals surface area contributed by atoms with Crippen LogP contribution >= 0.6 is 0 Å². The molecule has 0 spiro atoms. The topological polar surface area (TPSA) is 51.0 Å². The number of rotatable bonds is 12. The first-order valence-electron chi connectivity index (χ1n) is 11.3. The highest BCUT2D eigenvalue weighted by Gasteiger charge is 2.16. The molecule has 0 N–H and O–H groups in total. The second-order valence-corrected chi connectivity index (χ2v) is 8.04. The molecule has 0 radical (unpaired) electrons. The molecule has 5 nitrogen and oxygen atoms in total. The molecule has 0 saturated heterocycles. The van der Waals surface area contributed by atoms with E-state index < -0.39 is 0 Å². The molecule has 0 atom stereocenters. The summed E-state index contributed by atoms with van der Waals surface area (Å²) < 4.78 is 2.29. The lowest BCUT2D eigenvalue weighted by Crippen LogP contribution is -2.27. The summed E-state index contributed by atoms with van der Waals surface area (Å²) in [7, 11) is 1.84. The van der Waals surface area contributed by atoms with Crippen LogP contribution in [0.1, 0.15) is 74.5 Å². The molecule has 3 rings (SSSR count). The fourth-order valence-electron chi connectivity index (χ4n) is 3.90. The summed E-state index contributed by atoms with van der Waals surface area (Å²) in [4.78, 5) is 23.3. The van der Waals surface area contributed by atoms with Crippen LogP contribution in [-0.4, -0.2) is 32.4 Å². The van der Waals surface area contributed by atoms with Gasteiger partial charge in [-0.15, -0.1) is 0 Å². The minimum Gasteiger partial charge on any atom is -0.334 e. The van der Waals surface area contributed by atoms with Crippen molar-refractivity contribution in [2.45, 2.75) is 71.4 Å². The Morgan fingerprint density at radius 3 is 2.33 bits per heavy atom. The van der Waals surface area contributed by atoms with Gasteiger partial charge in [-0.2, -0.15) is 0 Å². The molecule has 160 valence electrons. The molecule has 3 aromatic rings. The number of hydrogen-bond acceptors (Lipinski definition) is 3. The average Bonchev–Trinajstić information content (AvgIpc) is 3.12. The van der Waals surface area contributed by atoms with Crippen molar-refractivity contribution in [2.75, 3.05) is 7.05 Å². The number of benzene rings is 1. The number of unbranched alkanes of at least 4 members (excludes halogenated alkanes) is 7. The van der Waals surface area contributed by atoms with E-state index in [0.717, 1.165) is 29.8 Å². The molecule has 1 aromatic carbocycles. The molecule has 0 bridgehead atoms. The fourth-order valence-corrected chi connectivity index (χ4v) is 3.90. The van der Waals surface area contributed by atoms with Crippen molar-refractivity contribution >= 4 is 16.9 Å². The zero-order valence-electron chi connectivity index (χ0n) is 18.4. The molecule has 0 unspecified atom stereocenters. The fraction of sp³-hybridized carbons (Fsp3) is 0.480. The van der Waals surface area contributed by atoms with E-state index in [1.54, 1.807) is 29.4 Å². The van der Waals surface area contributed by atoms with Gasteiger partial charge in [0, 0.05) is 31.5 Å². The smallest absolute Gasteiger partial charge is 0.254 e. The van der Waals surface area contributed by atoms with Gasteiger partial charge in [0.05, 0.1) is 17.6 Å². The predicted molar refractivity (Wildman–Crippen MR) is 122 cm³/mol. The number of amides is 1. The molecular formula is C25H34N4O. The van der Waals surface area contributed by atoms with Gasteiger partial charge < -0.3 is 9.47 Å². The lowest BCUT2D eigenvalue weighted by atomic mass is 10.1. The Morgan fingerprint density at radius 1 is 0.933 bits per heavy atom. The van der Waals surface area contributed by atoms with Crippen molar-refractivity contribution in [3.63, 3.8) is 0 Å². The number of fused-ring (bicyclic) bond motifs is 1. The van der Waals surface area contributed by atoms with Gasteiger partial charge in [0.2, 0.25) is 0 Å². The van der Waals surface area contributed by atoms with Crippen LogP contribution < -0.4 is 0 Å². The first kappa shape index (κ1) is 22.0. The second kappa shape index (κ2) is 11.5. The number of carbonyl (C=O) groups is 1. The molecule has 0 saturated carbocycles. The van der Waals surface area contributed by atoms with Crippen LogP contribution in [0.2, 0.25) is 0 Å². The SMILES string of the molecule is CCCCCCCCCCn1c(CN(C)C(=O)c2ccncc2)nc2ccccc21. The van der Waals surface area contributed by atoms with Gasteiger partial charge in [0.15, 0.2) is 0 Å². The quantitative estimate of drug-likeness (QED) is 0.355. The third-order valence-electron chi connectivity index (χ3n) is 5.62. The molecule has 30 heavy (non-hydrogen) atoms. The van der Waals surface area contributed by atoms with Crippen LogP contribution in [0.4, 0.5) is 0 Å². The summed E-state index contributed by atoms with van der Waals surface area (Å²) in [6.45, 7) is 3.70. The third kappa shape index (κ3) is 5.91. The Kier molecular flexibility index (Phi) is 8.42. The number of carbonyl (C=O) groups excluding carboxylic acids is 1. The van der Waals surface area contributed by atoms with Crippen LogP contribution in [0.5, 0.6) is 0 Å². The van der Waals surface area contributed by atoms with Gasteiger partial charge >= 0.3 is 0 Å². The minimum absolute atomic E-state index is 0.0110. The van der Waals surface area contributed by atoms with E-state index in [4.69, 9.17) is 4.98 Å². The molecule has 1 amide bonds. The Balaban J connectivity index is 1.62. The zero-order chi connectivity index (χ0) is 21.2. The van der Waals surface area contributed by atoms with Gasteiger partial charge in [-0.3, -0.25) is 9.78 Å². The number of imidazole rings is 1. The summed E-state index contributed by atoms with van der Waals surface area (Å²) in [6.07, 6.45) is 13.7. The van der Waals surface area contributed by atoms with Gasteiger partial charge in [0.1, 0.15) is 5.82 Å². The molecule has 2 heterocycles. The maximum Gasteiger partial charge on any atom is 0.254 e. The first-order chi connectivity index (χ1) is 14.7. The maximum atomic E-state index is 12.7. The van der Waals surface area contributed by atoms with Crippen molar-refractivity contribution in [1.29, 1.82) is 0 Å². The van der Waals surface area contributed by atoms with Crippen LogP contribution in [-0.2, 0) is 13.1 Å². The van der Waals surface area contributed by atoms with Crippen molar-refractivity contribution < 1.29 is 4.79 Å². The van der Waals surface area contributed by atoms with Crippen LogP contribution in [0.15, 0.2) is 48.8 Å². The highest BCUT2D eigenvalue weighted by Crippen LogP contribution is 2.19. The number of para-hydroxylation sites is 2. The Hall–Kier alpha value is -2.69. The van der Waals surface area contributed by atoms with E-state index in [1.807, 2.05) is 19.2 Å². The zero-order valence-corrected chi connectivity index (χ0v) is 18.4. The average molecular weight is 407 g/mol. The first-order valence-corrected chi connectivity index (χ1v) is 11.3. The molecule has 0 aliphatic rings. The molecular weight excluding hydrogens is 372 g/mol. The number of hydrogen-bond donors (Lipinski definition) is 0. The van der Waals surface area contributed by atoms with E-state index in [-0.39, 0.29) is 5.91 Å². The lowest BCUT2D eigenvalue weighted by Gasteiger charge is -2.18. The molecule has 2 aromatic heterocycles. The van der Waals surface area contributed by atoms with Gasteiger partial charge in [-0.05, 0) is 30.7 Å². The Labute approximate surface area is 180 Å². The van der Waals surface area contributed by atoms with Crippen LogP contribution in [0.25, 0.3) is 11.0 Å². The number of nitrogens with zero attached hydrogens (tertiary/aromatic N) is 4. The number of pyridine rings is 1. The van der Waals surface area contributed by atoms with Crippen molar-refractivity contribution in [1.82, 2.24) is 19.4 Å². The maximum absolute atomic E-state index is 12.7. The monoisotopic (exact) mass is 406 g/mol. The van der Waals surface area contributed by atoms with E-state index in [1.165, 1.54) is 44.9 Å². The Morgan fingerprint density at radius 2 is 1.60 bits per heavy atom. The van der Waals surface area contributed by atoms with Crippen molar-refractivity contribution in [3.8, 4) is 0 Å². The lowest BCUT2D eigenvalue weighted by molar-refractivity contribution is 0.0780. The van der Waals surface area contributed by atoms with E-state index in [9.17, 15) is 4.79 Å². The van der Waals surface area contributed by atoms with E-state index in [2.05, 4.69) is 28.6 Å². The largest absolute Gasteiger partial charge is 0.334 e. The molecule has 5 heteroatoms. The predicted octanol–water partition coefficient (Wildman–Crippen LogP) is 5.84. The molecule has 0 aliphatic carbocycles. The highest BCUT2D eigenvalue weighted by molar-refractivity contribution is 5.93. The molecule has 0 fully saturated rings. The summed E-state index contributed by atoms with van der Waals surface area (Å²) >= 11 is 0. The number of aromatic nitrogens is 3. The van der Waals surface area contributed by atoms with Crippen LogP contribution in [0, 0.1) is 0 Å². The summed E-state index contributed by atoms with van der Waals surface area (Å²) in [5.41, 5.74) is 2.80. The van der Waals surface area contributed by atoms with Crippen molar-refractivity contribution in [2.24, 2.45) is 0 Å². The van der Waals surface area contributed by atoms with Crippen LogP contribution in [0.3, 0.4) is 0 Å². The second-order valence-electron chi connectivity index (χ2n) is 8.04. The van der Waals surface area contributed by atoms with Gasteiger partial charge in [-0.1, -0.05) is 64.0 Å². The standard InChI is InChI=1S/C25H34N4O/c1-3-4-5-6-7-8-9-12-19-29-23-14-11-10-13-22(23)27-24(29)20-28(2)25(30)21-15-17-26-18-16-21/h10-11,13-18H,3-9,12,19-20H2,1-2H3. The van der Waals surface area contributed by atoms with Crippen molar-refractivity contribution in [3.05, 3.63) is 60.2 Å².